The predicted octanol–water partition coefficient (Wildman–Crippen LogP) is 3.24. The second kappa shape index (κ2) is 6.95. The third-order valence-electron chi connectivity index (χ3n) is 3.24. The minimum Gasteiger partial charge on any atom is -0.423 e. The molecule has 0 spiro atoms. The standard InChI is InChI=1S/C18H19N5O/c1-13(2)19-18-22-17(20-15-11-7-4-8-12-15)21-16(23(18)24)14-9-5-3-6-10-14/h3-13,24H,1-2H3,(H,19,20,22). The molecule has 24 heavy (non-hydrogen) atoms. The summed E-state index contributed by atoms with van der Waals surface area (Å²) in [7, 11) is 0. The van der Waals surface area contributed by atoms with Crippen molar-refractivity contribution in [3.63, 3.8) is 0 Å². The van der Waals surface area contributed by atoms with E-state index in [1.165, 1.54) is 0 Å². The molecule has 0 aliphatic rings. The monoisotopic (exact) mass is 321 g/mol. The van der Waals surface area contributed by atoms with Crippen LogP contribution in [0.15, 0.2) is 65.7 Å². The van der Waals surface area contributed by atoms with Crippen LogP contribution in [0.25, 0.3) is 11.4 Å². The summed E-state index contributed by atoms with van der Waals surface area (Å²) in [6, 6.07) is 19.1. The molecule has 6 heteroatoms. The van der Waals surface area contributed by atoms with Crippen LogP contribution in [-0.4, -0.2) is 25.9 Å². The van der Waals surface area contributed by atoms with Gasteiger partial charge in [-0.25, -0.2) is 4.99 Å². The Kier molecular flexibility index (Phi) is 4.56. The molecule has 0 unspecified atom stereocenters. The van der Waals surface area contributed by atoms with Gasteiger partial charge in [-0.1, -0.05) is 48.5 Å². The van der Waals surface area contributed by atoms with Crippen LogP contribution in [0.4, 0.5) is 11.6 Å². The Balaban J connectivity index is 2.13. The van der Waals surface area contributed by atoms with Gasteiger partial charge in [0, 0.05) is 17.3 Å². The minimum atomic E-state index is -0.00787. The van der Waals surface area contributed by atoms with Crippen molar-refractivity contribution in [2.45, 2.75) is 19.9 Å². The molecule has 0 amide bonds. The van der Waals surface area contributed by atoms with Crippen LogP contribution in [0, 0.1) is 0 Å². The number of para-hydroxylation sites is 1. The van der Waals surface area contributed by atoms with E-state index in [0.29, 0.717) is 11.8 Å². The number of hydrogen-bond donors (Lipinski definition) is 2. The summed E-state index contributed by atoms with van der Waals surface area (Å²) in [5.41, 5.74) is 1.85. The van der Waals surface area contributed by atoms with Gasteiger partial charge in [0.25, 0.3) is 5.62 Å². The molecule has 3 aromatic rings. The fourth-order valence-electron chi connectivity index (χ4n) is 2.20. The zero-order valence-corrected chi connectivity index (χ0v) is 13.6. The lowest BCUT2D eigenvalue weighted by Gasteiger charge is -2.11. The summed E-state index contributed by atoms with van der Waals surface area (Å²) in [6.07, 6.45) is 0. The van der Waals surface area contributed by atoms with Crippen molar-refractivity contribution in [3.05, 3.63) is 66.3 Å². The average molecular weight is 321 g/mol. The topological polar surface area (TPSA) is 75.3 Å². The highest BCUT2D eigenvalue weighted by molar-refractivity contribution is 5.58. The summed E-state index contributed by atoms with van der Waals surface area (Å²) >= 11 is 0. The first-order valence-corrected chi connectivity index (χ1v) is 7.75. The molecule has 0 fully saturated rings. The van der Waals surface area contributed by atoms with E-state index in [1.807, 2.05) is 74.5 Å². The maximum atomic E-state index is 10.5. The van der Waals surface area contributed by atoms with Crippen LogP contribution in [0.2, 0.25) is 0 Å². The maximum absolute atomic E-state index is 10.5. The first-order valence-electron chi connectivity index (χ1n) is 7.75. The number of benzene rings is 2. The fourth-order valence-corrected chi connectivity index (χ4v) is 2.20. The molecule has 0 aliphatic heterocycles. The first-order chi connectivity index (χ1) is 11.6. The van der Waals surface area contributed by atoms with Crippen LogP contribution < -0.4 is 10.9 Å². The zero-order chi connectivity index (χ0) is 16.9. The molecule has 1 aromatic heterocycles. The van der Waals surface area contributed by atoms with Gasteiger partial charge in [0.1, 0.15) is 0 Å². The lowest BCUT2D eigenvalue weighted by Crippen LogP contribution is -2.28. The molecule has 0 atom stereocenters. The van der Waals surface area contributed by atoms with Crippen molar-refractivity contribution >= 4 is 11.6 Å². The number of aromatic nitrogens is 3. The average Bonchev–Trinajstić information content (AvgIpc) is 2.59. The molecular formula is C18H19N5O. The minimum absolute atomic E-state index is 0.00787. The van der Waals surface area contributed by atoms with Crippen LogP contribution in [-0.2, 0) is 0 Å². The quantitative estimate of drug-likeness (QED) is 0.723. The molecule has 0 aliphatic carbocycles. The van der Waals surface area contributed by atoms with Gasteiger partial charge < -0.3 is 10.5 Å². The molecule has 0 saturated heterocycles. The van der Waals surface area contributed by atoms with Crippen LogP contribution in [0.3, 0.4) is 0 Å². The van der Waals surface area contributed by atoms with Crippen LogP contribution in [0.1, 0.15) is 13.8 Å². The van der Waals surface area contributed by atoms with Crippen molar-refractivity contribution in [1.29, 1.82) is 0 Å². The molecule has 0 radical (unpaired) electrons. The van der Waals surface area contributed by atoms with E-state index in [9.17, 15) is 5.21 Å². The van der Waals surface area contributed by atoms with E-state index in [1.54, 1.807) is 0 Å². The molecule has 1 heterocycles. The van der Waals surface area contributed by atoms with Gasteiger partial charge in [-0.3, -0.25) is 0 Å². The second-order valence-electron chi connectivity index (χ2n) is 5.56. The largest absolute Gasteiger partial charge is 0.423 e. The van der Waals surface area contributed by atoms with Gasteiger partial charge in [0.2, 0.25) is 5.95 Å². The lowest BCUT2D eigenvalue weighted by atomic mass is 10.2. The van der Waals surface area contributed by atoms with Gasteiger partial charge in [-0.2, -0.15) is 9.97 Å². The van der Waals surface area contributed by atoms with Gasteiger partial charge >= 0.3 is 0 Å². The summed E-state index contributed by atoms with van der Waals surface area (Å²) in [6.45, 7) is 3.85. The Morgan fingerprint density at radius 1 is 0.958 bits per heavy atom. The van der Waals surface area contributed by atoms with E-state index in [2.05, 4.69) is 20.3 Å². The highest BCUT2D eigenvalue weighted by atomic mass is 16.5. The molecule has 3 rings (SSSR count). The molecule has 2 aromatic carbocycles. The lowest BCUT2D eigenvalue weighted by molar-refractivity contribution is 0.167. The highest BCUT2D eigenvalue weighted by Crippen LogP contribution is 2.17. The SMILES string of the molecule is CC(C)N=c1nc(Nc2ccccc2)nc(-c2ccccc2)n1O. The van der Waals surface area contributed by atoms with Crippen LogP contribution in [0.5, 0.6) is 0 Å². The Labute approximate surface area is 140 Å². The summed E-state index contributed by atoms with van der Waals surface area (Å²) in [5, 5.41) is 13.6. The van der Waals surface area contributed by atoms with Gasteiger partial charge in [0.15, 0.2) is 5.82 Å². The van der Waals surface area contributed by atoms with E-state index in [4.69, 9.17) is 0 Å². The third-order valence-corrected chi connectivity index (χ3v) is 3.24. The molecule has 2 N–H and O–H groups in total. The fraction of sp³-hybridized carbons (Fsp3) is 0.167. The van der Waals surface area contributed by atoms with E-state index in [0.717, 1.165) is 16.0 Å². The Morgan fingerprint density at radius 3 is 2.21 bits per heavy atom. The maximum Gasteiger partial charge on any atom is 0.264 e. The van der Waals surface area contributed by atoms with Crippen LogP contribution >= 0.6 is 0 Å². The predicted molar refractivity (Wildman–Crippen MR) is 93.1 cm³/mol. The number of nitrogens with zero attached hydrogens (tertiary/aromatic N) is 4. The van der Waals surface area contributed by atoms with E-state index < -0.39 is 0 Å². The van der Waals surface area contributed by atoms with Gasteiger partial charge in [-0.15, -0.1) is 4.73 Å². The highest BCUT2D eigenvalue weighted by Gasteiger charge is 2.11. The molecule has 6 nitrogen and oxygen atoms in total. The number of anilines is 2. The smallest absolute Gasteiger partial charge is 0.264 e. The van der Waals surface area contributed by atoms with E-state index in [-0.39, 0.29) is 11.7 Å². The molecule has 0 bridgehead atoms. The van der Waals surface area contributed by atoms with Crippen molar-refractivity contribution in [2.75, 3.05) is 5.32 Å². The summed E-state index contributed by atoms with van der Waals surface area (Å²) in [5.74, 6) is 0.758. The van der Waals surface area contributed by atoms with Gasteiger partial charge in [0.05, 0.1) is 0 Å². The van der Waals surface area contributed by atoms with Crippen molar-refractivity contribution in [2.24, 2.45) is 4.99 Å². The van der Waals surface area contributed by atoms with Crippen molar-refractivity contribution < 1.29 is 5.21 Å². The Hall–Kier alpha value is -3.15. The zero-order valence-electron chi connectivity index (χ0n) is 13.6. The Morgan fingerprint density at radius 2 is 1.58 bits per heavy atom. The molecular weight excluding hydrogens is 302 g/mol. The van der Waals surface area contributed by atoms with Crippen molar-refractivity contribution in [3.8, 4) is 11.4 Å². The summed E-state index contributed by atoms with van der Waals surface area (Å²) in [4.78, 5) is 13.1. The number of nitrogens with one attached hydrogen (secondary N) is 1. The second-order valence-corrected chi connectivity index (χ2v) is 5.56. The van der Waals surface area contributed by atoms with Gasteiger partial charge in [-0.05, 0) is 26.0 Å². The van der Waals surface area contributed by atoms with Crippen molar-refractivity contribution in [1.82, 2.24) is 14.7 Å². The summed E-state index contributed by atoms with van der Waals surface area (Å²) < 4.78 is 0.922. The van der Waals surface area contributed by atoms with E-state index >= 15 is 0 Å². The molecule has 0 saturated carbocycles. The third kappa shape index (κ3) is 3.60. The molecule has 122 valence electrons. The number of hydrogen-bond acceptors (Lipinski definition) is 5. The normalized spacial score (nSPS) is 11.7. The number of rotatable bonds is 4. The Bertz CT molecular complexity index is 873. The first kappa shape index (κ1) is 15.7.